The molecule has 9 nitrogen and oxygen atoms in total. The van der Waals surface area contributed by atoms with Gasteiger partial charge in [-0.05, 0) is 25.5 Å². The minimum Gasteiger partial charge on any atom is -0.494 e. The van der Waals surface area contributed by atoms with Gasteiger partial charge in [-0.25, -0.2) is 14.8 Å². The largest absolute Gasteiger partial charge is 0.494 e. The van der Waals surface area contributed by atoms with Crippen molar-refractivity contribution in [3.63, 3.8) is 0 Å². The molecule has 10 heteroatoms. The van der Waals surface area contributed by atoms with Crippen molar-refractivity contribution >= 4 is 34.0 Å². The lowest BCUT2D eigenvalue weighted by Gasteiger charge is -2.08. The number of nitrogens with one attached hydrogen (secondary N) is 1. The third-order valence-corrected chi connectivity index (χ3v) is 5.67. The summed E-state index contributed by atoms with van der Waals surface area (Å²) in [6, 6.07) is 5.76. The maximum atomic E-state index is 12.7. The van der Waals surface area contributed by atoms with Crippen molar-refractivity contribution < 1.29 is 4.74 Å². The molecular formula is C19H22N6O3S. The second kappa shape index (κ2) is 7.78. The van der Waals surface area contributed by atoms with E-state index in [1.165, 1.54) is 9.13 Å². The summed E-state index contributed by atoms with van der Waals surface area (Å²) in [5.41, 5.74) is 1.98. The van der Waals surface area contributed by atoms with Gasteiger partial charge in [-0.1, -0.05) is 11.8 Å². The molecule has 4 rings (SSSR count). The number of aryl methyl sites for hydroxylation is 2. The Hall–Kier alpha value is -3.01. The smallest absolute Gasteiger partial charge is 0.332 e. The molecule has 3 heterocycles. The summed E-state index contributed by atoms with van der Waals surface area (Å²) in [5.74, 6) is 1.53. The van der Waals surface area contributed by atoms with Crippen LogP contribution in [-0.4, -0.2) is 41.0 Å². The van der Waals surface area contributed by atoms with Crippen LogP contribution in [0.4, 0.5) is 0 Å². The molecule has 152 valence electrons. The van der Waals surface area contributed by atoms with Gasteiger partial charge in [0.15, 0.2) is 16.3 Å². The minimum atomic E-state index is -0.349. The molecule has 0 radical (unpaired) electrons. The molecule has 29 heavy (non-hydrogen) atoms. The van der Waals surface area contributed by atoms with E-state index in [4.69, 9.17) is 4.74 Å². The van der Waals surface area contributed by atoms with E-state index in [2.05, 4.69) is 15.0 Å². The number of hydrogen-bond acceptors (Lipinski definition) is 6. The Balaban J connectivity index is 1.46. The van der Waals surface area contributed by atoms with Crippen LogP contribution in [0.3, 0.4) is 0 Å². The van der Waals surface area contributed by atoms with Crippen LogP contribution in [0.25, 0.3) is 22.2 Å². The molecule has 1 aromatic carbocycles. The van der Waals surface area contributed by atoms with Gasteiger partial charge < -0.3 is 14.3 Å². The standard InChI is InChI=1S/C19H22N6O3S/c1-4-28-12-6-7-13-14(10-12)22-18(21-13)29-9-5-8-25-17(26)15-16(20-11-23(15)2)24(3)19(25)27/h6-7,10-11H,4-5,8-9H2,1-3H3,(H,21,22). The van der Waals surface area contributed by atoms with Crippen molar-refractivity contribution in [2.45, 2.75) is 25.0 Å². The normalized spacial score (nSPS) is 11.6. The summed E-state index contributed by atoms with van der Waals surface area (Å²) >= 11 is 1.56. The zero-order valence-electron chi connectivity index (χ0n) is 16.5. The average molecular weight is 414 g/mol. The summed E-state index contributed by atoms with van der Waals surface area (Å²) < 4.78 is 9.85. The van der Waals surface area contributed by atoms with E-state index in [-0.39, 0.29) is 11.2 Å². The number of H-pyrrole nitrogens is 1. The fourth-order valence-electron chi connectivity index (χ4n) is 3.28. The van der Waals surface area contributed by atoms with E-state index >= 15 is 0 Å². The highest BCUT2D eigenvalue weighted by Crippen LogP contribution is 2.23. The lowest BCUT2D eigenvalue weighted by atomic mass is 10.3. The second-order valence-electron chi connectivity index (χ2n) is 6.68. The van der Waals surface area contributed by atoms with Crippen molar-refractivity contribution in [2.24, 2.45) is 14.1 Å². The van der Waals surface area contributed by atoms with Crippen LogP contribution in [0.1, 0.15) is 13.3 Å². The molecule has 0 spiro atoms. The van der Waals surface area contributed by atoms with Gasteiger partial charge in [0.05, 0.1) is 24.0 Å². The summed E-state index contributed by atoms with van der Waals surface area (Å²) in [7, 11) is 3.38. The van der Waals surface area contributed by atoms with Gasteiger partial charge in [0.2, 0.25) is 0 Å². The zero-order valence-corrected chi connectivity index (χ0v) is 17.3. The Kier molecular flexibility index (Phi) is 5.18. The molecule has 0 fully saturated rings. The zero-order chi connectivity index (χ0) is 20.5. The first-order chi connectivity index (χ1) is 14.0. The number of aromatic amines is 1. The van der Waals surface area contributed by atoms with Crippen LogP contribution < -0.4 is 16.0 Å². The Bertz CT molecular complexity index is 1300. The predicted octanol–water partition coefficient (Wildman–Crippen LogP) is 1.89. The Morgan fingerprint density at radius 1 is 1.24 bits per heavy atom. The highest BCUT2D eigenvalue weighted by Gasteiger charge is 2.14. The topological polar surface area (TPSA) is 99.7 Å². The maximum Gasteiger partial charge on any atom is 0.332 e. The SMILES string of the molecule is CCOc1ccc2nc(SCCCn3c(=O)c4c(ncn4C)n(C)c3=O)[nH]c2c1. The third-order valence-electron chi connectivity index (χ3n) is 4.71. The van der Waals surface area contributed by atoms with Crippen molar-refractivity contribution in [3.05, 3.63) is 45.4 Å². The van der Waals surface area contributed by atoms with E-state index in [1.54, 1.807) is 36.8 Å². The first kappa shape index (κ1) is 19.3. The van der Waals surface area contributed by atoms with Crippen LogP contribution in [0.2, 0.25) is 0 Å². The molecule has 0 bridgehead atoms. The lowest BCUT2D eigenvalue weighted by molar-refractivity contribution is 0.340. The summed E-state index contributed by atoms with van der Waals surface area (Å²) in [6.45, 7) is 2.90. The Labute approximate surface area is 170 Å². The molecule has 0 saturated carbocycles. The fourth-order valence-corrected chi connectivity index (χ4v) is 4.09. The minimum absolute atomic E-state index is 0.305. The van der Waals surface area contributed by atoms with Gasteiger partial charge >= 0.3 is 5.69 Å². The molecule has 3 aromatic heterocycles. The molecule has 0 saturated heterocycles. The van der Waals surface area contributed by atoms with Gasteiger partial charge in [-0.3, -0.25) is 13.9 Å². The number of imidazole rings is 2. The number of benzene rings is 1. The highest BCUT2D eigenvalue weighted by molar-refractivity contribution is 7.99. The van der Waals surface area contributed by atoms with Crippen molar-refractivity contribution in [1.82, 2.24) is 28.7 Å². The number of ether oxygens (including phenoxy) is 1. The maximum absolute atomic E-state index is 12.7. The molecule has 0 atom stereocenters. The molecule has 0 unspecified atom stereocenters. The van der Waals surface area contributed by atoms with Crippen molar-refractivity contribution in [2.75, 3.05) is 12.4 Å². The van der Waals surface area contributed by atoms with E-state index in [1.807, 2.05) is 25.1 Å². The first-order valence-corrected chi connectivity index (χ1v) is 10.3. The van der Waals surface area contributed by atoms with Crippen LogP contribution in [-0.2, 0) is 20.6 Å². The monoisotopic (exact) mass is 414 g/mol. The Morgan fingerprint density at radius 3 is 2.86 bits per heavy atom. The second-order valence-corrected chi connectivity index (χ2v) is 7.77. The van der Waals surface area contributed by atoms with Crippen LogP contribution in [0.5, 0.6) is 5.75 Å². The molecule has 0 aliphatic heterocycles. The number of aromatic nitrogens is 6. The third kappa shape index (κ3) is 3.55. The van der Waals surface area contributed by atoms with Crippen LogP contribution in [0.15, 0.2) is 39.3 Å². The fraction of sp³-hybridized carbons (Fsp3) is 0.368. The van der Waals surface area contributed by atoms with Crippen molar-refractivity contribution in [1.29, 1.82) is 0 Å². The number of rotatable bonds is 7. The van der Waals surface area contributed by atoms with Gasteiger partial charge in [0.25, 0.3) is 5.56 Å². The molecule has 4 aromatic rings. The molecular weight excluding hydrogens is 392 g/mol. The first-order valence-electron chi connectivity index (χ1n) is 9.35. The summed E-state index contributed by atoms with van der Waals surface area (Å²) in [6.07, 6.45) is 2.20. The number of fused-ring (bicyclic) bond motifs is 2. The van der Waals surface area contributed by atoms with E-state index in [0.717, 1.165) is 27.7 Å². The number of hydrogen-bond donors (Lipinski definition) is 1. The van der Waals surface area contributed by atoms with Crippen molar-refractivity contribution in [3.8, 4) is 5.75 Å². The van der Waals surface area contributed by atoms with Gasteiger partial charge in [-0.15, -0.1) is 0 Å². The van der Waals surface area contributed by atoms with E-state index in [0.29, 0.717) is 30.7 Å². The lowest BCUT2D eigenvalue weighted by Crippen LogP contribution is -2.39. The van der Waals surface area contributed by atoms with Crippen LogP contribution in [0, 0.1) is 0 Å². The molecule has 0 amide bonds. The van der Waals surface area contributed by atoms with E-state index < -0.39 is 0 Å². The Morgan fingerprint density at radius 2 is 2.07 bits per heavy atom. The van der Waals surface area contributed by atoms with Crippen LogP contribution >= 0.6 is 11.8 Å². The number of nitrogens with zero attached hydrogens (tertiary/aromatic N) is 5. The highest BCUT2D eigenvalue weighted by atomic mass is 32.2. The number of thioether (sulfide) groups is 1. The van der Waals surface area contributed by atoms with E-state index in [9.17, 15) is 9.59 Å². The summed E-state index contributed by atoms with van der Waals surface area (Å²) in [5, 5.41) is 0.802. The summed E-state index contributed by atoms with van der Waals surface area (Å²) in [4.78, 5) is 37.2. The molecule has 1 N–H and O–H groups in total. The van der Waals surface area contributed by atoms with Gasteiger partial charge in [0.1, 0.15) is 5.75 Å². The molecule has 0 aliphatic carbocycles. The predicted molar refractivity (Wildman–Crippen MR) is 113 cm³/mol. The average Bonchev–Trinajstić information content (AvgIpc) is 3.28. The van der Waals surface area contributed by atoms with Gasteiger partial charge in [0, 0.05) is 32.5 Å². The van der Waals surface area contributed by atoms with Gasteiger partial charge in [-0.2, -0.15) is 0 Å². The quantitative estimate of drug-likeness (QED) is 0.366. The molecule has 0 aliphatic rings.